The molecule has 0 saturated carbocycles. The van der Waals surface area contributed by atoms with Gasteiger partial charge in [0.2, 0.25) is 11.8 Å². The Kier molecular flexibility index (Phi) is 17.9. The largest absolute Gasteiger partial charge is 0.469 e. The summed E-state index contributed by atoms with van der Waals surface area (Å²) in [5, 5.41) is 16.6. The number of esters is 2. The minimum absolute atomic E-state index is 0.0723. The van der Waals surface area contributed by atoms with Gasteiger partial charge in [-0.1, -0.05) is 57.9 Å². The lowest BCUT2D eigenvalue weighted by Gasteiger charge is -2.30. The number of nitrogens with one attached hydrogen (secondary N) is 2. The molecule has 2 unspecified atom stereocenters. The van der Waals surface area contributed by atoms with E-state index in [0.717, 1.165) is 29.9 Å². The molecule has 3 amide bonds. The van der Waals surface area contributed by atoms with Crippen molar-refractivity contribution in [3.05, 3.63) is 66.5 Å². The third-order valence-corrected chi connectivity index (χ3v) is 6.81. The molecule has 0 spiro atoms. The first-order valence-electron chi connectivity index (χ1n) is 14.7. The molecule has 1 aromatic carbocycles. The number of primary amides is 1. The zero-order chi connectivity index (χ0) is 33.8. The van der Waals surface area contributed by atoms with Gasteiger partial charge < -0.3 is 25.8 Å². The summed E-state index contributed by atoms with van der Waals surface area (Å²) in [4.78, 5) is 62.0. The number of benzene rings is 1. The van der Waals surface area contributed by atoms with Crippen LogP contribution >= 0.6 is 0 Å². The molecule has 1 heterocycles. The molecule has 0 radical (unpaired) electrons. The predicted molar refractivity (Wildman–Crippen MR) is 167 cm³/mol. The first kappa shape index (κ1) is 38.2. The molecular weight excluding hydrogens is 582 g/mol. The first-order valence-corrected chi connectivity index (χ1v) is 14.7. The molecule has 2 aromatic rings. The van der Waals surface area contributed by atoms with Crippen molar-refractivity contribution in [3.8, 4) is 11.3 Å². The second kappa shape index (κ2) is 21.0. The van der Waals surface area contributed by atoms with Crippen LogP contribution in [0.25, 0.3) is 11.3 Å². The van der Waals surface area contributed by atoms with Gasteiger partial charge in [0.15, 0.2) is 0 Å². The van der Waals surface area contributed by atoms with Gasteiger partial charge in [0.1, 0.15) is 5.69 Å². The highest BCUT2D eigenvalue weighted by atomic mass is 16.5. The Hall–Kier alpha value is -4.78. The van der Waals surface area contributed by atoms with Gasteiger partial charge in [-0.25, -0.2) is 4.98 Å². The number of carbonyl (C=O) groups is 5. The van der Waals surface area contributed by atoms with Crippen LogP contribution in [0.1, 0.15) is 79.6 Å². The van der Waals surface area contributed by atoms with E-state index in [1.165, 1.54) is 20.4 Å². The van der Waals surface area contributed by atoms with E-state index in [1.807, 2.05) is 6.92 Å². The van der Waals surface area contributed by atoms with E-state index in [2.05, 4.69) is 38.6 Å². The first-order chi connectivity index (χ1) is 21.5. The monoisotopic (exact) mass is 627 g/mol. The maximum absolute atomic E-state index is 12.9. The number of unbranched alkanes of at least 4 members (excludes halogenated alkanes) is 2. The highest BCUT2D eigenvalue weighted by Crippen LogP contribution is 2.21. The van der Waals surface area contributed by atoms with Crippen LogP contribution in [0.5, 0.6) is 0 Å². The zero-order valence-corrected chi connectivity index (χ0v) is 26.4. The molecular formula is C32H45N5O8. The molecule has 246 valence electrons. The number of rotatable bonds is 17. The van der Waals surface area contributed by atoms with Crippen LogP contribution in [0.4, 0.5) is 0 Å². The number of hydrogen-bond donors (Lipinski definition) is 4. The van der Waals surface area contributed by atoms with E-state index < -0.39 is 35.7 Å². The predicted octanol–water partition coefficient (Wildman–Crippen LogP) is 3.57. The molecule has 0 aliphatic carbocycles. The summed E-state index contributed by atoms with van der Waals surface area (Å²) in [6.45, 7) is 7.50. The van der Waals surface area contributed by atoms with Crippen molar-refractivity contribution < 1.29 is 38.7 Å². The molecule has 0 bridgehead atoms. The van der Waals surface area contributed by atoms with Crippen LogP contribution < -0.4 is 16.4 Å². The lowest BCUT2D eigenvalue weighted by Crippen LogP contribution is -2.46. The molecule has 2 atom stereocenters. The summed E-state index contributed by atoms with van der Waals surface area (Å²) >= 11 is 0. The number of aromatic nitrogens is 1. The van der Waals surface area contributed by atoms with Crippen molar-refractivity contribution in [2.75, 3.05) is 20.9 Å². The van der Waals surface area contributed by atoms with Gasteiger partial charge in [-0.05, 0) is 37.1 Å². The molecule has 13 nitrogen and oxygen atoms in total. The van der Waals surface area contributed by atoms with Crippen LogP contribution in [0, 0.1) is 5.92 Å². The highest BCUT2D eigenvalue weighted by molar-refractivity contribution is 5.94. The smallest absolute Gasteiger partial charge is 0.306 e. The van der Waals surface area contributed by atoms with Crippen molar-refractivity contribution in [3.63, 3.8) is 0 Å². The number of methoxy groups -OCH3 is 2. The SMILES string of the molecule is C=CN(O)C(CC)C(CCCCC)C(=O)NCNC(=O)c1cccc(-c2ccc(C(N)=O)cc2)n1.COC(=O)CCC(=O)OC. The number of nitrogens with zero attached hydrogens (tertiary/aromatic N) is 2. The minimum Gasteiger partial charge on any atom is -0.469 e. The van der Waals surface area contributed by atoms with E-state index in [-0.39, 0.29) is 31.1 Å². The van der Waals surface area contributed by atoms with Crippen LogP contribution in [0.3, 0.4) is 0 Å². The third kappa shape index (κ3) is 13.6. The van der Waals surface area contributed by atoms with Crippen molar-refractivity contribution in [2.24, 2.45) is 11.7 Å². The summed E-state index contributed by atoms with van der Waals surface area (Å²) in [6.07, 6.45) is 5.53. The van der Waals surface area contributed by atoms with E-state index in [9.17, 15) is 29.2 Å². The van der Waals surface area contributed by atoms with Gasteiger partial charge in [-0.2, -0.15) is 0 Å². The van der Waals surface area contributed by atoms with Crippen molar-refractivity contribution in [1.82, 2.24) is 20.7 Å². The molecule has 1 aromatic heterocycles. The molecule has 2 rings (SSSR count). The van der Waals surface area contributed by atoms with Crippen LogP contribution in [-0.4, -0.2) is 71.8 Å². The highest BCUT2D eigenvalue weighted by Gasteiger charge is 2.29. The number of carbonyl (C=O) groups excluding carboxylic acids is 5. The van der Waals surface area contributed by atoms with Gasteiger partial charge in [0.05, 0.1) is 51.4 Å². The summed E-state index contributed by atoms with van der Waals surface area (Å²) < 4.78 is 8.60. The second-order valence-corrected chi connectivity index (χ2v) is 9.87. The van der Waals surface area contributed by atoms with Crippen LogP contribution in [0.15, 0.2) is 55.2 Å². The van der Waals surface area contributed by atoms with Gasteiger partial charge in [0, 0.05) is 17.3 Å². The molecule has 0 aliphatic heterocycles. The van der Waals surface area contributed by atoms with Gasteiger partial charge in [-0.3, -0.25) is 34.2 Å². The molecule has 0 saturated heterocycles. The number of pyridine rings is 1. The maximum Gasteiger partial charge on any atom is 0.306 e. The average Bonchev–Trinajstić information content (AvgIpc) is 3.06. The van der Waals surface area contributed by atoms with Gasteiger partial charge in [-0.15, -0.1) is 0 Å². The standard InChI is InChI=1S/C26H35N5O4.C6H10O4/c1-4-7-8-10-20(23(5-2)31(35)6-3)25(33)28-17-29-26(34)22-12-9-11-21(30-22)18-13-15-19(16-14-18)24(27)32;1-9-5(7)3-4-6(8)10-2/h6,9,11-16,20,23,35H,3-5,7-8,10,17H2,1-2H3,(H2,27,32)(H,28,33)(H,29,34);3-4H2,1-2H3. The fourth-order valence-corrected chi connectivity index (χ4v) is 4.27. The Morgan fingerprint density at radius 3 is 2.11 bits per heavy atom. The number of nitrogens with two attached hydrogens (primary N) is 1. The molecule has 5 N–H and O–H groups in total. The summed E-state index contributed by atoms with van der Waals surface area (Å²) in [6, 6.07) is 11.3. The topological polar surface area (TPSA) is 190 Å². The van der Waals surface area contributed by atoms with Gasteiger partial charge >= 0.3 is 11.9 Å². The Bertz CT molecular complexity index is 1250. The molecule has 0 aliphatic rings. The quantitative estimate of drug-likeness (QED) is 0.0873. The van der Waals surface area contributed by atoms with Gasteiger partial charge in [0.25, 0.3) is 5.91 Å². The lowest BCUT2D eigenvalue weighted by atomic mass is 9.90. The fraction of sp³-hybridized carbons (Fsp3) is 0.438. The molecule has 13 heteroatoms. The van der Waals surface area contributed by atoms with E-state index in [1.54, 1.807) is 42.5 Å². The van der Waals surface area contributed by atoms with Crippen LogP contribution in [-0.2, 0) is 23.9 Å². The number of hydroxylamine groups is 2. The van der Waals surface area contributed by atoms with Crippen LogP contribution in [0.2, 0.25) is 0 Å². The molecule has 45 heavy (non-hydrogen) atoms. The zero-order valence-electron chi connectivity index (χ0n) is 26.4. The minimum atomic E-state index is -0.520. The normalized spacial score (nSPS) is 11.5. The van der Waals surface area contributed by atoms with Crippen molar-refractivity contribution >= 4 is 29.7 Å². The van der Waals surface area contributed by atoms with E-state index in [4.69, 9.17) is 5.73 Å². The Balaban J connectivity index is 0.000000868. The lowest BCUT2D eigenvalue weighted by molar-refractivity contribution is -0.147. The summed E-state index contributed by atoms with van der Waals surface area (Å²) in [5.74, 6) is -2.45. The maximum atomic E-state index is 12.9. The molecule has 0 fully saturated rings. The third-order valence-electron chi connectivity index (χ3n) is 6.81. The van der Waals surface area contributed by atoms with Crippen molar-refractivity contribution in [1.29, 1.82) is 0 Å². The Labute approximate surface area is 264 Å². The van der Waals surface area contributed by atoms with Crippen molar-refractivity contribution in [2.45, 2.75) is 64.8 Å². The Morgan fingerprint density at radius 2 is 1.60 bits per heavy atom. The summed E-state index contributed by atoms with van der Waals surface area (Å²) in [7, 11) is 2.55. The van der Waals surface area contributed by atoms with E-state index in [0.29, 0.717) is 24.1 Å². The second-order valence-electron chi connectivity index (χ2n) is 9.87. The summed E-state index contributed by atoms with van der Waals surface area (Å²) in [5.41, 5.74) is 7.14. The average molecular weight is 628 g/mol. The number of ether oxygens (including phenoxy) is 2. The fourth-order valence-electron chi connectivity index (χ4n) is 4.27. The number of hydrogen-bond acceptors (Lipinski definition) is 10. The number of amides is 3. The van der Waals surface area contributed by atoms with E-state index >= 15 is 0 Å². The Morgan fingerprint density at radius 1 is 0.978 bits per heavy atom.